The molecule has 2 aliphatic heterocycles. The number of rotatable bonds is 6. The maximum atomic E-state index is 14.6. The van der Waals surface area contributed by atoms with Crippen LogP contribution in [0.25, 0.3) is 10.9 Å². The van der Waals surface area contributed by atoms with Gasteiger partial charge in [0.05, 0.1) is 17.9 Å². The lowest BCUT2D eigenvalue weighted by Crippen LogP contribution is -2.38. The minimum atomic E-state index is -0.620. The first-order chi connectivity index (χ1) is 15.0. The normalized spacial score (nSPS) is 18.5. The Hall–Kier alpha value is -2.13. The van der Waals surface area contributed by atoms with Gasteiger partial charge in [0.15, 0.2) is 0 Å². The molecule has 2 aromatic rings. The van der Waals surface area contributed by atoms with Gasteiger partial charge < -0.3 is 19.9 Å². The number of hydrogen-bond acceptors (Lipinski definition) is 6. The minimum absolute atomic E-state index is 0.0299. The molecule has 2 aliphatic rings. The van der Waals surface area contributed by atoms with E-state index in [4.69, 9.17) is 4.74 Å². The van der Waals surface area contributed by atoms with Gasteiger partial charge >= 0.3 is 0 Å². The molecule has 0 unspecified atom stereocenters. The van der Waals surface area contributed by atoms with E-state index in [1.165, 1.54) is 6.07 Å². The Bertz CT molecular complexity index is 985. The molecule has 31 heavy (non-hydrogen) atoms. The first-order valence-corrected chi connectivity index (χ1v) is 12.0. The standard InChI is InChI=1S/C22H29FN4O3S/c1-14(28)27-8-4-15(5-9-27)12-30-16-10-18(23)21-19(11-16)25-20(26-22(21)29)13-31-17-2-6-24-7-3-17/h10-11,15,17,24H,2-9,12-13H2,1H3,(H,25,26,29). The Morgan fingerprint density at radius 3 is 2.71 bits per heavy atom. The number of benzene rings is 1. The molecule has 2 fully saturated rings. The third kappa shape index (κ3) is 5.57. The number of likely N-dealkylation sites (tertiary alicyclic amines) is 1. The Morgan fingerprint density at radius 1 is 1.26 bits per heavy atom. The van der Waals surface area contributed by atoms with Crippen molar-refractivity contribution in [1.29, 1.82) is 0 Å². The van der Waals surface area contributed by atoms with Crippen LogP contribution in [0.3, 0.4) is 0 Å². The minimum Gasteiger partial charge on any atom is -0.493 e. The first kappa shape index (κ1) is 22.1. The van der Waals surface area contributed by atoms with Crippen LogP contribution in [0.1, 0.15) is 38.4 Å². The second-order valence-corrected chi connectivity index (χ2v) is 9.62. The molecule has 0 atom stereocenters. The van der Waals surface area contributed by atoms with Crippen LogP contribution in [0, 0.1) is 11.7 Å². The summed E-state index contributed by atoms with van der Waals surface area (Å²) >= 11 is 1.78. The van der Waals surface area contributed by atoms with Crippen molar-refractivity contribution in [3.8, 4) is 5.75 Å². The number of amides is 1. The monoisotopic (exact) mass is 448 g/mol. The Balaban J connectivity index is 1.42. The summed E-state index contributed by atoms with van der Waals surface area (Å²) in [4.78, 5) is 33.0. The van der Waals surface area contributed by atoms with E-state index in [9.17, 15) is 14.0 Å². The summed E-state index contributed by atoms with van der Waals surface area (Å²) in [5.74, 6) is 1.34. The average Bonchev–Trinajstić information content (AvgIpc) is 2.77. The van der Waals surface area contributed by atoms with Gasteiger partial charge in [0.25, 0.3) is 5.56 Å². The number of piperidine rings is 2. The highest BCUT2D eigenvalue weighted by Gasteiger charge is 2.22. The molecular formula is C22H29FN4O3S. The second kappa shape index (κ2) is 9.99. The summed E-state index contributed by atoms with van der Waals surface area (Å²) in [5, 5.41) is 3.86. The molecule has 2 saturated heterocycles. The van der Waals surface area contributed by atoms with Crippen molar-refractivity contribution < 1.29 is 13.9 Å². The molecule has 7 nitrogen and oxygen atoms in total. The number of halogens is 1. The van der Waals surface area contributed by atoms with Crippen molar-refractivity contribution >= 4 is 28.6 Å². The van der Waals surface area contributed by atoms with Crippen molar-refractivity contribution in [3.63, 3.8) is 0 Å². The van der Waals surface area contributed by atoms with Crippen molar-refractivity contribution in [2.45, 2.75) is 43.6 Å². The fourth-order valence-corrected chi connectivity index (χ4v) is 5.29. The number of carbonyl (C=O) groups excluding carboxylic acids is 1. The van der Waals surface area contributed by atoms with E-state index in [1.807, 2.05) is 4.90 Å². The maximum absolute atomic E-state index is 14.6. The van der Waals surface area contributed by atoms with E-state index in [-0.39, 0.29) is 11.3 Å². The molecule has 0 bridgehead atoms. The number of carbonyl (C=O) groups is 1. The van der Waals surface area contributed by atoms with Gasteiger partial charge in [-0.05, 0) is 44.7 Å². The molecule has 3 heterocycles. The molecule has 0 saturated carbocycles. The lowest BCUT2D eigenvalue weighted by molar-refractivity contribution is -0.130. The van der Waals surface area contributed by atoms with Crippen molar-refractivity contribution in [2.75, 3.05) is 32.8 Å². The zero-order chi connectivity index (χ0) is 21.8. The van der Waals surface area contributed by atoms with Crippen molar-refractivity contribution in [2.24, 2.45) is 5.92 Å². The molecule has 2 N–H and O–H groups in total. The molecule has 4 rings (SSSR count). The summed E-state index contributed by atoms with van der Waals surface area (Å²) in [5.41, 5.74) is -0.127. The van der Waals surface area contributed by atoms with Crippen LogP contribution in [0.4, 0.5) is 4.39 Å². The first-order valence-electron chi connectivity index (χ1n) is 10.9. The van der Waals surface area contributed by atoms with Crippen molar-refractivity contribution in [3.05, 3.63) is 34.1 Å². The third-order valence-corrected chi connectivity index (χ3v) is 7.45. The average molecular weight is 449 g/mol. The van der Waals surface area contributed by atoms with Crippen LogP contribution in [-0.4, -0.2) is 58.8 Å². The summed E-state index contributed by atoms with van der Waals surface area (Å²) in [7, 11) is 0. The van der Waals surface area contributed by atoms with Gasteiger partial charge in [-0.1, -0.05) is 0 Å². The Morgan fingerprint density at radius 2 is 2.00 bits per heavy atom. The van der Waals surface area contributed by atoms with Gasteiger partial charge in [-0.25, -0.2) is 9.37 Å². The Kier molecular flexibility index (Phi) is 7.12. The topological polar surface area (TPSA) is 87.3 Å². The predicted octanol–water partition coefficient (Wildman–Crippen LogP) is 2.68. The van der Waals surface area contributed by atoms with E-state index < -0.39 is 11.4 Å². The number of ether oxygens (including phenoxy) is 1. The van der Waals surface area contributed by atoms with Gasteiger partial charge in [-0.2, -0.15) is 11.8 Å². The van der Waals surface area contributed by atoms with Crippen LogP contribution < -0.4 is 15.6 Å². The van der Waals surface area contributed by atoms with Crippen LogP contribution in [-0.2, 0) is 10.5 Å². The molecule has 9 heteroatoms. The van der Waals surface area contributed by atoms with E-state index >= 15 is 0 Å². The summed E-state index contributed by atoms with van der Waals surface area (Å²) in [6.07, 6.45) is 3.93. The van der Waals surface area contributed by atoms with Crippen molar-refractivity contribution in [1.82, 2.24) is 20.2 Å². The van der Waals surface area contributed by atoms with Crippen LogP contribution in [0.2, 0.25) is 0 Å². The highest BCUT2D eigenvalue weighted by atomic mass is 32.2. The SMILES string of the molecule is CC(=O)N1CCC(COc2cc(F)c3c(=O)[nH]c(CSC4CCNCC4)nc3c2)CC1. The zero-order valence-electron chi connectivity index (χ0n) is 17.8. The van der Waals surface area contributed by atoms with E-state index in [0.29, 0.717) is 40.6 Å². The number of fused-ring (bicyclic) bond motifs is 1. The molecule has 168 valence electrons. The van der Waals surface area contributed by atoms with Gasteiger partial charge in [0.2, 0.25) is 5.91 Å². The van der Waals surface area contributed by atoms with Gasteiger partial charge in [0, 0.05) is 37.4 Å². The molecule has 0 spiro atoms. The molecule has 1 aromatic heterocycles. The number of aromatic nitrogens is 2. The van der Waals surface area contributed by atoms with E-state index in [1.54, 1.807) is 24.8 Å². The van der Waals surface area contributed by atoms with Gasteiger partial charge in [0.1, 0.15) is 22.8 Å². The quantitative estimate of drug-likeness (QED) is 0.707. The number of H-pyrrole nitrogens is 1. The fourth-order valence-electron chi connectivity index (χ4n) is 4.19. The number of nitrogens with one attached hydrogen (secondary N) is 2. The highest BCUT2D eigenvalue weighted by molar-refractivity contribution is 7.99. The number of hydrogen-bond donors (Lipinski definition) is 2. The molecule has 1 aromatic carbocycles. The van der Waals surface area contributed by atoms with Crippen LogP contribution in [0.15, 0.2) is 16.9 Å². The van der Waals surface area contributed by atoms with E-state index in [0.717, 1.165) is 51.9 Å². The molecule has 0 aliphatic carbocycles. The summed E-state index contributed by atoms with van der Waals surface area (Å²) in [6.45, 7) is 5.52. The molecule has 1 amide bonds. The van der Waals surface area contributed by atoms with Crippen LogP contribution >= 0.6 is 11.8 Å². The smallest absolute Gasteiger partial charge is 0.261 e. The number of nitrogens with zero attached hydrogens (tertiary/aromatic N) is 2. The zero-order valence-corrected chi connectivity index (χ0v) is 18.6. The summed E-state index contributed by atoms with van der Waals surface area (Å²) < 4.78 is 20.5. The lowest BCUT2D eigenvalue weighted by Gasteiger charge is -2.31. The Labute approximate surface area is 185 Å². The molecular weight excluding hydrogens is 419 g/mol. The maximum Gasteiger partial charge on any atom is 0.261 e. The number of thioether (sulfide) groups is 1. The highest BCUT2D eigenvalue weighted by Crippen LogP contribution is 2.26. The molecule has 0 radical (unpaired) electrons. The number of aromatic amines is 1. The third-order valence-electron chi connectivity index (χ3n) is 6.07. The van der Waals surface area contributed by atoms with Crippen LogP contribution in [0.5, 0.6) is 5.75 Å². The van der Waals surface area contributed by atoms with Gasteiger partial charge in [-0.15, -0.1) is 0 Å². The lowest BCUT2D eigenvalue weighted by atomic mass is 9.98. The van der Waals surface area contributed by atoms with Gasteiger partial charge in [-0.3, -0.25) is 9.59 Å². The predicted molar refractivity (Wildman–Crippen MR) is 120 cm³/mol. The van der Waals surface area contributed by atoms with E-state index in [2.05, 4.69) is 15.3 Å². The largest absolute Gasteiger partial charge is 0.493 e. The summed E-state index contributed by atoms with van der Waals surface area (Å²) in [6, 6.07) is 2.91. The second-order valence-electron chi connectivity index (χ2n) is 8.33. The fraction of sp³-hybridized carbons (Fsp3) is 0.591.